The number of rotatable bonds is 7. The van der Waals surface area contributed by atoms with E-state index < -0.39 is 4.92 Å². The second-order valence-electron chi connectivity index (χ2n) is 8.62. The maximum Gasteiger partial charge on any atom is 0.319 e. The van der Waals surface area contributed by atoms with Gasteiger partial charge in [-0.25, -0.2) is 9.18 Å². The molecule has 0 spiro atoms. The van der Waals surface area contributed by atoms with E-state index in [4.69, 9.17) is 0 Å². The molecule has 2 aliphatic rings. The second-order valence-corrected chi connectivity index (χ2v) is 8.62. The van der Waals surface area contributed by atoms with Crippen LogP contribution in [0.1, 0.15) is 37.7 Å². The van der Waals surface area contributed by atoms with Crippen LogP contribution in [0.4, 0.5) is 20.6 Å². The lowest BCUT2D eigenvalue weighted by molar-refractivity contribution is -0.384. The van der Waals surface area contributed by atoms with Crippen LogP contribution in [-0.4, -0.2) is 40.5 Å². The molecule has 1 aliphatic carbocycles. The molecular formula is C23H27FN4O3. The minimum absolute atomic E-state index is 0.0585. The van der Waals surface area contributed by atoms with Crippen LogP contribution in [0.25, 0.3) is 0 Å². The third-order valence-corrected chi connectivity index (χ3v) is 6.39. The van der Waals surface area contributed by atoms with Gasteiger partial charge in [-0.15, -0.1) is 0 Å². The Morgan fingerprint density at radius 1 is 1.19 bits per heavy atom. The summed E-state index contributed by atoms with van der Waals surface area (Å²) in [7, 11) is 0. The third-order valence-electron chi connectivity index (χ3n) is 6.39. The standard InChI is InChI=1S/C23H27FN4O3/c24-18-9-7-17(8-10-18)14-20-6-2-13-27(20)16-23(11-3-12-23)26-22(29)25-19-4-1-5-21(15-19)28(30)31/h1,4-5,7-10,15,20H,2-3,6,11-14,16H2,(H2,25,26,29). The summed E-state index contributed by atoms with van der Waals surface area (Å²) in [5, 5.41) is 16.8. The lowest BCUT2D eigenvalue weighted by Crippen LogP contribution is -2.61. The van der Waals surface area contributed by atoms with E-state index >= 15 is 0 Å². The average Bonchev–Trinajstić information content (AvgIpc) is 3.14. The third kappa shape index (κ3) is 5.19. The molecule has 1 atom stereocenters. The number of carbonyl (C=O) groups excluding carboxylic acids is 1. The highest BCUT2D eigenvalue weighted by Gasteiger charge is 2.42. The largest absolute Gasteiger partial charge is 0.331 e. The fraction of sp³-hybridized carbons (Fsp3) is 0.435. The molecule has 0 aromatic heterocycles. The van der Waals surface area contributed by atoms with Crippen molar-refractivity contribution in [2.24, 2.45) is 0 Å². The van der Waals surface area contributed by atoms with Crippen LogP contribution in [0.3, 0.4) is 0 Å². The van der Waals surface area contributed by atoms with E-state index in [0.29, 0.717) is 11.7 Å². The molecule has 2 amide bonds. The van der Waals surface area contributed by atoms with Gasteiger partial charge in [0.2, 0.25) is 0 Å². The molecule has 2 aromatic carbocycles. The molecule has 1 saturated heterocycles. The predicted molar refractivity (Wildman–Crippen MR) is 117 cm³/mol. The summed E-state index contributed by atoms with van der Waals surface area (Å²) in [4.78, 5) is 25.5. The normalized spacial score (nSPS) is 20.1. The molecule has 1 unspecified atom stereocenters. The number of anilines is 1. The first-order valence-electron chi connectivity index (χ1n) is 10.7. The van der Waals surface area contributed by atoms with Crippen LogP contribution in [0.5, 0.6) is 0 Å². The highest BCUT2D eigenvalue weighted by molar-refractivity contribution is 5.90. The fourth-order valence-corrected chi connectivity index (χ4v) is 4.64. The van der Waals surface area contributed by atoms with Gasteiger partial charge < -0.3 is 10.6 Å². The highest BCUT2D eigenvalue weighted by Crippen LogP contribution is 2.35. The van der Waals surface area contributed by atoms with E-state index in [1.54, 1.807) is 12.1 Å². The van der Waals surface area contributed by atoms with E-state index in [9.17, 15) is 19.3 Å². The number of urea groups is 1. The zero-order chi connectivity index (χ0) is 21.8. The van der Waals surface area contributed by atoms with E-state index in [1.165, 1.54) is 24.3 Å². The molecule has 0 bridgehead atoms. The van der Waals surface area contributed by atoms with Crippen LogP contribution in [0, 0.1) is 15.9 Å². The first-order chi connectivity index (χ1) is 14.9. The van der Waals surface area contributed by atoms with Gasteiger partial charge in [0.05, 0.1) is 10.5 Å². The number of nitro benzene ring substituents is 1. The van der Waals surface area contributed by atoms with Crippen molar-refractivity contribution in [1.82, 2.24) is 10.2 Å². The summed E-state index contributed by atoms with van der Waals surface area (Å²) in [6.45, 7) is 1.77. The maximum atomic E-state index is 13.2. The lowest BCUT2D eigenvalue weighted by Gasteiger charge is -2.46. The number of carbonyl (C=O) groups is 1. The van der Waals surface area contributed by atoms with Crippen molar-refractivity contribution >= 4 is 17.4 Å². The van der Waals surface area contributed by atoms with Gasteiger partial charge >= 0.3 is 6.03 Å². The molecule has 164 valence electrons. The van der Waals surface area contributed by atoms with Crippen molar-refractivity contribution < 1.29 is 14.1 Å². The van der Waals surface area contributed by atoms with Crippen molar-refractivity contribution in [1.29, 1.82) is 0 Å². The fourth-order valence-electron chi connectivity index (χ4n) is 4.64. The molecule has 1 heterocycles. The SMILES string of the molecule is O=C(Nc1cccc([N+](=O)[O-])c1)NC1(CN2CCCC2Cc2ccc(F)cc2)CCC1. The predicted octanol–water partition coefficient (Wildman–Crippen LogP) is 4.49. The molecule has 2 aromatic rings. The Bertz CT molecular complexity index is 946. The highest BCUT2D eigenvalue weighted by atomic mass is 19.1. The molecule has 1 aliphatic heterocycles. The summed E-state index contributed by atoms with van der Waals surface area (Å²) >= 11 is 0. The summed E-state index contributed by atoms with van der Waals surface area (Å²) in [6.07, 6.45) is 5.96. The molecule has 2 fully saturated rings. The molecular weight excluding hydrogens is 399 g/mol. The number of hydrogen-bond acceptors (Lipinski definition) is 4. The van der Waals surface area contributed by atoms with Crippen molar-refractivity contribution in [3.05, 3.63) is 70.0 Å². The van der Waals surface area contributed by atoms with Gasteiger partial charge in [0, 0.05) is 30.4 Å². The zero-order valence-corrected chi connectivity index (χ0v) is 17.4. The first-order valence-corrected chi connectivity index (χ1v) is 10.7. The molecule has 7 nitrogen and oxygen atoms in total. The topological polar surface area (TPSA) is 87.5 Å². The van der Waals surface area contributed by atoms with E-state index in [1.807, 2.05) is 12.1 Å². The number of nitro groups is 1. The molecule has 4 rings (SSSR count). The Labute approximate surface area is 180 Å². The number of benzene rings is 2. The van der Waals surface area contributed by atoms with Crippen LogP contribution in [0.2, 0.25) is 0 Å². The van der Waals surface area contributed by atoms with Crippen molar-refractivity contribution in [3.8, 4) is 0 Å². The smallest absolute Gasteiger partial charge is 0.319 e. The number of nitrogens with one attached hydrogen (secondary N) is 2. The van der Waals surface area contributed by atoms with Gasteiger partial charge in [0.25, 0.3) is 5.69 Å². The average molecular weight is 426 g/mol. The van der Waals surface area contributed by atoms with Crippen molar-refractivity contribution in [2.75, 3.05) is 18.4 Å². The number of likely N-dealkylation sites (tertiary alicyclic amines) is 1. The van der Waals surface area contributed by atoms with Crippen molar-refractivity contribution in [3.63, 3.8) is 0 Å². The molecule has 0 radical (unpaired) electrons. The van der Waals surface area contributed by atoms with Gasteiger partial charge in [-0.2, -0.15) is 0 Å². The molecule has 1 saturated carbocycles. The van der Waals surface area contributed by atoms with Crippen molar-refractivity contribution in [2.45, 2.75) is 50.1 Å². The van der Waals surface area contributed by atoms with Gasteiger partial charge in [0.15, 0.2) is 0 Å². The van der Waals surface area contributed by atoms with Crippen LogP contribution < -0.4 is 10.6 Å². The molecule has 2 N–H and O–H groups in total. The minimum atomic E-state index is -0.481. The quantitative estimate of drug-likeness (QED) is 0.505. The summed E-state index contributed by atoms with van der Waals surface area (Å²) in [5.74, 6) is -0.223. The Balaban J connectivity index is 1.37. The number of hydrogen-bond donors (Lipinski definition) is 2. The molecule has 31 heavy (non-hydrogen) atoms. The minimum Gasteiger partial charge on any atom is -0.331 e. The Morgan fingerprint density at radius 2 is 1.97 bits per heavy atom. The van der Waals surface area contributed by atoms with Gasteiger partial charge in [0.1, 0.15) is 5.82 Å². The van der Waals surface area contributed by atoms with Crippen LogP contribution in [0.15, 0.2) is 48.5 Å². The maximum absolute atomic E-state index is 13.2. The number of amides is 2. The number of halogens is 1. The summed E-state index contributed by atoms with van der Waals surface area (Å²) in [5.41, 5.74) is 1.18. The number of non-ortho nitro benzene ring substituents is 1. The first kappa shape index (κ1) is 21.2. The van der Waals surface area contributed by atoms with E-state index in [2.05, 4.69) is 15.5 Å². The van der Waals surface area contributed by atoms with Gasteiger partial charge in [-0.05, 0) is 68.8 Å². The second kappa shape index (κ2) is 9.01. The van der Waals surface area contributed by atoms with E-state index in [0.717, 1.165) is 57.2 Å². The summed E-state index contributed by atoms with van der Waals surface area (Å²) < 4.78 is 13.2. The van der Waals surface area contributed by atoms with Crippen LogP contribution >= 0.6 is 0 Å². The van der Waals surface area contributed by atoms with Gasteiger partial charge in [-0.1, -0.05) is 18.2 Å². The number of nitrogens with zero attached hydrogens (tertiary/aromatic N) is 2. The lowest BCUT2D eigenvalue weighted by atomic mass is 9.76. The monoisotopic (exact) mass is 426 g/mol. The Hall–Kier alpha value is -3.00. The zero-order valence-electron chi connectivity index (χ0n) is 17.4. The van der Waals surface area contributed by atoms with Gasteiger partial charge in [-0.3, -0.25) is 15.0 Å². The Kier molecular flexibility index (Phi) is 6.18. The Morgan fingerprint density at radius 3 is 2.65 bits per heavy atom. The van der Waals surface area contributed by atoms with E-state index in [-0.39, 0.29) is 23.1 Å². The molecule has 8 heteroatoms. The van der Waals surface area contributed by atoms with Crippen LogP contribution in [-0.2, 0) is 6.42 Å². The summed E-state index contributed by atoms with van der Waals surface area (Å²) in [6, 6.07) is 12.7.